The number of hydrogen-bond acceptors (Lipinski definition) is 4. The summed E-state index contributed by atoms with van der Waals surface area (Å²) in [6.45, 7) is 2.07. The van der Waals surface area contributed by atoms with Crippen LogP contribution in [0.15, 0.2) is 42.6 Å². The number of rotatable bonds is 4. The summed E-state index contributed by atoms with van der Waals surface area (Å²) in [5.41, 5.74) is 0.928. The van der Waals surface area contributed by atoms with E-state index in [-0.39, 0.29) is 0 Å². The molecule has 0 amide bonds. The molecule has 2 heterocycles. The summed E-state index contributed by atoms with van der Waals surface area (Å²) >= 11 is 6.00. The van der Waals surface area contributed by atoms with Gasteiger partial charge in [-0.25, -0.2) is 4.98 Å². The van der Waals surface area contributed by atoms with Gasteiger partial charge in [0.05, 0.1) is 11.7 Å². The van der Waals surface area contributed by atoms with Gasteiger partial charge in [0, 0.05) is 17.9 Å². The van der Waals surface area contributed by atoms with Gasteiger partial charge in [-0.1, -0.05) is 36.7 Å². The normalized spacial score (nSPS) is 10.8. The lowest BCUT2D eigenvalue weighted by Gasteiger charge is -2.07. The first-order chi connectivity index (χ1) is 10.2. The van der Waals surface area contributed by atoms with E-state index in [1.807, 2.05) is 30.3 Å². The van der Waals surface area contributed by atoms with Gasteiger partial charge in [0.2, 0.25) is 5.88 Å². The Labute approximate surface area is 127 Å². The molecule has 0 saturated carbocycles. The molecule has 0 spiro atoms. The molecule has 0 saturated heterocycles. The third kappa shape index (κ3) is 3.28. The second kappa shape index (κ2) is 6.06. The number of nitrogens with zero attached hydrogens (tertiary/aromatic N) is 3. The van der Waals surface area contributed by atoms with E-state index in [1.54, 1.807) is 12.3 Å². The molecule has 0 N–H and O–H groups in total. The second-order valence-electron chi connectivity index (χ2n) is 4.66. The zero-order valence-electron chi connectivity index (χ0n) is 11.6. The van der Waals surface area contributed by atoms with Crippen LogP contribution in [0.5, 0.6) is 11.6 Å². The molecule has 3 rings (SSSR count). The van der Waals surface area contributed by atoms with E-state index in [0.717, 1.165) is 23.7 Å². The van der Waals surface area contributed by atoms with Gasteiger partial charge in [0.1, 0.15) is 16.7 Å². The number of halogens is 1. The molecule has 0 aliphatic rings. The molecule has 0 aliphatic heterocycles. The molecule has 0 bridgehead atoms. The summed E-state index contributed by atoms with van der Waals surface area (Å²) in [5, 5.41) is 1.40. The van der Waals surface area contributed by atoms with Crippen molar-refractivity contribution in [3.8, 4) is 11.6 Å². The molecule has 21 heavy (non-hydrogen) atoms. The van der Waals surface area contributed by atoms with Crippen molar-refractivity contribution >= 4 is 22.5 Å². The number of para-hydroxylation sites is 1. The molecular formula is C16H14ClN3O. The van der Waals surface area contributed by atoms with Crippen LogP contribution < -0.4 is 4.74 Å². The molecular weight excluding hydrogens is 286 g/mol. The van der Waals surface area contributed by atoms with Crippen LogP contribution in [0.3, 0.4) is 0 Å². The van der Waals surface area contributed by atoms with Crippen molar-refractivity contribution in [2.75, 3.05) is 0 Å². The number of hydrogen-bond donors (Lipinski definition) is 0. The van der Waals surface area contributed by atoms with Crippen LogP contribution in [0, 0.1) is 0 Å². The maximum absolute atomic E-state index is 6.00. The topological polar surface area (TPSA) is 47.9 Å². The monoisotopic (exact) mass is 299 g/mol. The van der Waals surface area contributed by atoms with Crippen molar-refractivity contribution in [1.29, 1.82) is 0 Å². The Bertz CT molecular complexity index is 776. The van der Waals surface area contributed by atoms with E-state index in [1.165, 1.54) is 0 Å². The second-order valence-corrected chi connectivity index (χ2v) is 5.05. The summed E-state index contributed by atoms with van der Waals surface area (Å²) < 4.78 is 5.76. The van der Waals surface area contributed by atoms with Crippen LogP contribution in [-0.4, -0.2) is 15.0 Å². The first-order valence-corrected chi connectivity index (χ1v) is 7.18. The lowest BCUT2D eigenvalue weighted by atomic mass is 10.2. The molecule has 0 aliphatic carbocycles. The first-order valence-electron chi connectivity index (χ1n) is 6.80. The summed E-state index contributed by atoms with van der Waals surface area (Å²) in [7, 11) is 0. The van der Waals surface area contributed by atoms with Crippen LogP contribution in [-0.2, 0) is 6.42 Å². The fourth-order valence-corrected chi connectivity index (χ4v) is 2.25. The van der Waals surface area contributed by atoms with Gasteiger partial charge >= 0.3 is 0 Å². The molecule has 0 atom stereocenters. The van der Waals surface area contributed by atoms with E-state index in [0.29, 0.717) is 22.6 Å². The number of aryl methyl sites for hydroxylation is 1. The van der Waals surface area contributed by atoms with Crippen LogP contribution in [0.1, 0.15) is 19.2 Å². The number of ether oxygens (including phenoxy) is 1. The van der Waals surface area contributed by atoms with Crippen molar-refractivity contribution < 1.29 is 4.74 Å². The van der Waals surface area contributed by atoms with Crippen LogP contribution in [0.25, 0.3) is 10.9 Å². The van der Waals surface area contributed by atoms with E-state index in [9.17, 15) is 0 Å². The lowest BCUT2D eigenvalue weighted by Crippen LogP contribution is -1.98. The summed E-state index contributed by atoms with van der Waals surface area (Å²) in [6, 6.07) is 11.4. The molecule has 4 nitrogen and oxygen atoms in total. The van der Waals surface area contributed by atoms with Gasteiger partial charge in [-0.15, -0.1) is 0 Å². The van der Waals surface area contributed by atoms with Crippen molar-refractivity contribution in [1.82, 2.24) is 15.0 Å². The van der Waals surface area contributed by atoms with Gasteiger partial charge in [0.25, 0.3) is 0 Å². The number of benzene rings is 1. The fraction of sp³-hybridized carbons (Fsp3) is 0.188. The summed E-state index contributed by atoms with van der Waals surface area (Å²) in [6.07, 6.45) is 3.40. The molecule has 5 heteroatoms. The molecule has 1 aromatic carbocycles. The Balaban J connectivity index is 1.90. The minimum absolute atomic E-state index is 0.386. The number of fused-ring (bicyclic) bond motifs is 1. The highest BCUT2D eigenvalue weighted by Crippen LogP contribution is 2.24. The lowest BCUT2D eigenvalue weighted by molar-refractivity contribution is 0.457. The Kier molecular flexibility index (Phi) is 3.97. The van der Waals surface area contributed by atoms with Crippen molar-refractivity contribution in [2.24, 2.45) is 0 Å². The highest BCUT2D eigenvalue weighted by atomic mass is 35.5. The average Bonchev–Trinajstić information content (AvgIpc) is 2.47. The van der Waals surface area contributed by atoms with Gasteiger partial charge < -0.3 is 4.74 Å². The SMILES string of the molecule is CCCc1nc(Cl)cc(Oc2cnc3ccccc3c2)n1. The molecule has 0 fully saturated rings. The fourth-order valence-electron chi connectivity index (χ4n) is 2.06. The summed E-state index contributed by atoms with van der Waals surface area (Å²) in [4.78, 5) is 12.9. The Morgan fingerprint density at radius 3 is 2.86 bits per heavy atom. The highest BCUT2D eigenvalue weighted by Gasteiger charge is 2.06. The zero-order valence-corrected chi connectivity index (χ0v) is 12.3. The predicted molar refractivity (Wildman–Crippen MR) is 82.9 cm³/mol. The largest absolute Gasteiger partial charge is 0.437 e. The van der Waals surface area contributed by atoms with Crippen molar-refractivity contribution in [3.05, 3.63) is 53.6 Å². The van der Waals surface area contributed by atoms with Gasteiger partial charge in [-0.2, -0.15) is 4.98 Å². The van der Waals surface area contributed by atoms with E-state index < -0.39 is 0 Å². The Hall–Kier alpha value is -2.20. The van der Waals surface area contributed by atoms with E-state index in [2.05, 4.69) is 21.9 Å². The molecule has 2 aromatic heterocycles. The first kappa shape index (κ1) is 13.8. The Morgan fingerprint density at radius 2 is 2.00 bits per heavy atom. The quantitative estimate of drug-likeness (QED) is 0.669. The minimum Gasteiger partial charge on any atom is -0.437 e. The smallest absolute Gasteiger partial charge is 0.224 e. The standard InChI is InChI=1S/C16H14ClN3O/c1-2-5-15-19-14(17)9-16(20-15)21-12-8-11-6-3-4-7-13(11)18-10-12/h3-4,6-10H,2,5H2,1H3. The number of aromatic nitrogens is 3. The summed E-state index contributed by atoms with van der Waals surface area (Å²) in [5.74, 6) is 1.76. The number of pyridine rings is 1. The maximum Gasteiger partial charge on any atom is 0.224 e. The highest BCUT2D eigenvalue weighted by molar-refractivity contribution is 6.29. The van der Waals surface area contributed by atoms with Gasteiger partial charge in [0.15, 0.2) is 0 Å². The van der Waals surface area contributed by atoms with Crippen LogP contribution in [0.2, 0.25) is 5.15 Å². The molecule has 0 radical (unpaired) electrons. The average molecular weight is 300 g/mol. The molecule has 0 unspecified atom stereocenters. The van der Waals surface area contributed by atoms with Crippen LogP contribution >= 0.6 is 11.6 Å². The predicted octanol–water partition coefficient (Wildman–Crippen LogP) is 4.42. The molecule has 106 valence electrons. The van der Waals surface area contributed by atoms with Gasteiger partial charge in [-0.05, 0) is 18.6 Å². The third-order valence-corrected chi connectivity index (χ3v) is 3.17. The molecule has 3 aromatic rings. The maximum atomic E-state index is 6.00. The van der Waals surface area contributed by atoms with E-state index >= 15 is 0 Å². The minimum atomic E-state index is 0.386. The Morgan fingerprint density at radius 1 is 1.14 bits per heavy atom. The van der Waals surface area contributed by atoms with E-state index in [4.69, 9.17) is 16.3 Å². The van der Waals surface area contributed by atoms with Crippen molar-refractivity contribution in [2.45, 2.75) is 19.8 Å². The van der Waals surface area contributed by atoms with Crippen molar-refractivity contribution in [3.63, 3.8) is 0 Å². The third-order valence-electron chi connectivity index (χ3n) is 2.98. The van der Waals surface area contributed by atoms with Crippen LogP contribution in [0.4, 0.5) is 0 Å². The zero-order chi connectivity index (χ0) is 14.7. The van der Waals surface area contributed by atoms with Gasteiger partial charge in [-0.3, -0.25) is 4.98 Å².